The van der Waals surface area contributed by atoms with E-state index in [1.54, 1.807) is 0 Å². The van der Waals surface area contributed by atoms with Gasteiger partial charge in [0.1, 0.15) is 0 Å². The van der Waals surface area contributed by atoms with Gasteiger partial charge in [0.25, 0.3) is 0 Å². The first-order valence-electron chi connectivity index (χ1n) is 8.85. The lowest BCUT2D eigenvalue weighted by Gasteiger charge is -2.42. The third-order valence-corrected chi connectivity index (χ3v) is 5.69. The second-order valence-corrected chi connectivity index (χ2v) is 7.03. The van der Waals surface area contributed by atoms with Gasteiger partial charge in [-0.05, 0) is 55.0 Å². The maximum atomic E-state index is 10.6. The van der Waals surface area contributed by atoms with Crippen LogP contribution in [0.3, 0.4) is 0 Å². The first-order valence-corrected chi connectivity index (χ1v) is 8.85. The van der Waals surface area contributed by atoms with Crippen LogP contribution in [-0.4, -0.2) is 35.2 Å². The molecule has 4 rings (SSSR count). The van der Waals surface area contributed by atoms with Gasteiger partial charge in [0.05, 0.1) is 6.10 Å². The predicted molar refractivity (Wildman–Crippen MR) is 93.6 cm³/mol. The molecule has 1 unspecified atom stereocenters. The number of fused-ring (bicyclic) bond motifs is 1. The zero-order chi connectivity index (χ0) is 15.6. The zero-order valence-corrected chi connectivity index (χ0v) is 13.6. The van der Waals surface area contributed by atoms with Gasteiger partial charge < -0.3 is 5.11 Å². The number of nitrogens with zero attached hydrogens (tertiary/aromatic N) is 1. The third kappa shape index (κ3) is 3.06. The fraction of sp³-hybridized carbons (Fsp3) is 0.429. The molecule has 1 aliphatic heterocycles. The Labute approximate surface area is 138 Å². The highest BCUT2D eigenvalue weighted by Gasteiger charge is 2.33. The molecule has 0 spiro atoms. The van der Waals surface area contributed by atoms with Crippen LogP contribution in [0.4, 0.5) is 0 Å². The van der Waals surface area contributed by atoms with Crippen LogP contribution >= 0.6 is 0 Å². The van der Waals surface area contributed by atoms with Crippen molar-refractivity contribution in [3.63, 3.8) is 0 Å². The van der Waals surface area contributed by atoms with Gasteiger partial charge in [-0.1, -0.05) is 54.6 Å². The molecule has 0 saturated carbocycles. The quantitative estimate of drug-likeness (QED) is 0.919. The molecule has 0 amide bonds. The predicted octanol–water partition coefficient (Wildman–Crippen LogP) is 3.39. The molecule has 120 valence electrons. The van der Waals surface area contributed by atoms with Crippen molar-refractivity contribution in [3.8, 4) is 0 Å². The van der Waals surface area contributed by atoms with Crippen molar-refractivity contribution in [1.29, 1.82) is 0 Å². The minimum Gasteiger partial charge on any atom is -0.391 e. The lowest BCUT2D eigenvalue weighted by molar-refractivity contribution is 0.0294. The molecule has 2 heteroatoms. The van der Waals surface area contributed by atoms with E-state index in [4.69, 9.17) is 0 Å². The fourth-order valence-electron chi connectivity index (χ4n) is 4.34. The number of likely N-dealkylation sites (tertiary alicyclic amines) is 1. The summed E-state index contributed by atoms with van der Waals surface area (Å²) in [6.07, 6.45) is 3.98. The van der Waals surface area contributed by atoms with Gasteiger partial charge in [0.2, 0.25) is 0 Å². The van der Waals surface area contributed by atoms with Gasteiger partial charge in [0.15, 0.2) is 0 Å². The summed E-state index contributed by atoms with van der Waals surface area (Å²) in [6, 6.07) is 19.8. The largest absolute Gasteiger partial charge is 0.391 e. The maximum absolute atomic E-state index is 10.6. The average molecular weight is 307 g/mol. The van der Waals surface area contributed by atoms with Crippen LogP contribution in [0, 0.1) is 0 Å². The second-order valence-electron chi connectivity index (χ2n) is 7.03. The summed E-state index contributed by atoms with van der Waals surface area (Å²) in [4.78, 5) is 2.53. The van der Waals surface area contributed by atoms with E-state index in [2.05, 4.69) is 59.5 Å². The normalized spacial score (nSPS) is 26.0. The molecule has 0 radical (unpaired) electrons. The van der Waals surface area contributed by atoms with Crippen molar-refractivity contribution in [3.05, 3.63) is 71.3 Å². The van der Waals surface area contributed by atoms with Gasteiger partial charge in [-0.25, -0.2) is 0 Å². The summed E-state index contributed by atoms with van der Waals surface area (Å²) in [5.41, 5.74) is 4.23. The first-order chi connectivity index (χ1) is 11.3. The molecule has 2 nitrogen and oxygen atoms in total. The van der Waals surface area contributed by atoms with E-state index in [0.29, 0.717) is 12.0 Å². The van der Waals surface area contributed by atoms with Crippen LogP contribution < -0.4 is 0 Å². The van der Waals surface area contributed by atoms with Crippen molar-refractivity contribution < 1.29 is 5.11 Å². The van der Waals surface area contributed by atoms with Crippen LogP contribution in [-0.2, 0) is 12.8 Å². The molecule has 1 heterocycles. The molecule has 1 N–H and O–H groups in total. The molecule has 0 bridgehead atoms. The first kappa shape index (κ1) is 14.9. The second kappa shape index (κ2) is 6.46. The average Bonchev–Trinajstić information content (AvgIpc) is 2.62. The molecular formula is C21H25NO. The van der Waals surface area contributed by atoms with E-state index in [9.17, 15) is 5.11 Å². The van der Waals surface area contributed by atoms with Crippen LogP contribution in [0.25, 0.3) is 0 Å². The Kier molecular flexibility index (Phi) is 4.19. The molecule has 0 aromatic heterocycles. The number of hydrogen-bond acceptors (Lipinski definition) is 2. The number of benzene rings is 2. The summed E-state index contributed by atoms with van der Waals surface area (Å²) < 4.78 is 0. The molecule has 1 fully saturated rings. The number of aliphatic hydroxyl groups is 1. The number of piperidine rings is 1. The van der Waals surface area contributed by atoms with Gasteiger partial charge in [-0.2, -0.15) is 0 Å². The van der Waals surface area contributed by atoms with E-state index in [0.717, 1.165) is 25.9 Å². The van der Waals surface area contributed by atoms with Gasteiger partial charge in [-0.3, -0.25) is 4.90 Å². The van der Waals surface area contributed by atoms with E-state index >= 15 is 0 Å². The van der Waals surface area contributed by atoms with Crippen LogP contribution in [0.5, 0.6) is 0 Å². The van der Waals surface area contributed by atoms with Crippen LogP contribution in [0.15, 0.2) is 54.6 Å². The van der Waals surface area contributed by atoms with Gasteiger partial charge >= 0.3 is 0 Å². The molecule has 2 aliphatic rings. The topological polar surface area (TPSA) is 23.5 Å². The van der Waals surface area contributed by atoms with Crippen molar-refractivity contribution in [1.82, 2.24) is 4.90 Å². The molecule has 2 atom stereocenters. The number of rotatable bonds is 2. The Balaban J connectivity index is 1.43. The fourth-order valence-corrected chi connectivity index (χ4v) is 4.34. The SMILES string of the molecule is O[C@@H]1Cc2ccccc2CC1N1CCC(c2ccccc2)CC1. The number of aliphatic hydroxyl groups excluding tert-OH is 1. The zero-order valence-electron chi connectivity index (χ0n) is 13.6. The molecule has 1 aliphatic carbocycles. The molecule has 23 heavy (non-hydrogen) atoms. The van der Waals surface area contributed by atoms with Gasteiger partial charge in [0, 0.05) is 12.5 Å². The molecule has 2 aromatic rings. The third-order valence-electron chi connectivity index (χ3n) is 5.69. The Morgan fingerprint density at radius 2 is 1.39 bits per heavy atom. The Morgan fingerprint density at radius 1 is 0.783 bits per heavy atom. The van der Waals surface area contributed by atoms with E-state index < -0.39 is 0 Å². The highest BCUT2D eigenvalue weighted by atomic mass is 16.3. The van der Waals surface area contributed by atoms with Crippen molar-refractivity contribution in [2.24, 2.45) is 0 Å². The smallest absolute Gasteiger partial charge is 0.0738 e. The lowest BCUT2D eigenvalue weighted by atomic mass is 9.83. The molecular weight excluding hydrogens is 282 g/mol. The van der Waals surface area contributed by atoms with E-state index in [1.165, 1.54) is 29.5 Å². The summed E-state index contributed by atoms with van der Waals surface area (Å²) in [5, 5.41) is 10.6. The maximum Gasteiger partial charge on any atom is 0.0738 e. The number of hydrogen-bond donors (Lipinski definition) is 1. The highest BCUT2D eigenvalue weighted by Crippen LogP contribution is 2.32. The Bertz CT molecular complexity index is 646. The van der Waals surface area contributed by atoms with Gasteiger partial charge in [-0.15, -0.1) is 0 Å². The lowest BCUT2D eigenvalue weighted by Crippen LogP contribution is -2.50. The van der Waals surface area contributed by atoms with Crippen LogP contribution in [0.1, 0.15) is 35.4 Å². The summed E-state index contributed by atoms with van der Waals surface area (Å²) in [7, 11) is 0. The van der Waals surface area contributed by atoms with Crippen LogP contribution in [0.2, 0.25) is 0 Å². The Hall–Kier alpha value is -1.64. The minimum atomic E-state index is -0.224. The summed E-state index contributed by atoms with van der Waals surface area (Å²) in [6.45, 7) is 2.20. The van der Waals surface area contributed by atoms with E-state index in [1.807, 2.05) is 0 Å². The minimum absolute atomic E-state index is 0.224. The van der Waals surface area contributed by atoms with Crippen molar-refractivity contribution in [2.45, 2.75) is 43.7 Å². The summed E-state index contributed by atoms with van der Waals surface area (Å²) in [5.74, 6) is 0.681. The highest BCUT2D eigenvalue weighted by molar-refractivity contribution is 5.32. The summed E-state index contributed by atoms with van der Waals surface area (Å²) >= 11 is 0. The van der Waals surface area contributed by atoms with Crippen molar-refractivity contribution in [2.75, 3.05) is 13.1 Å². The monoisotopic (exact) mass is 307 g/mol. The standard InChI is InChI=1S/C21H25NO/c23-21-15-19-9-5-4-8-18(19)14-20(21)22-12-10-17(11-13-22)16-6-2-1-3-7-16/h1-9,17,20-21,23H,10-15H2/t20?,21-/m1/s1. The van der Waals surface area contributed by atoms with Crippen molar-refractivity contribution >= 4 is 0 Å². The molecule has 1 saturated heterocycles. The molecule has 2 aromatic carbocycles. The van der Waals surface area contributed by atoms with E-state index in [-0.39, 0.29) is 6.10 Å². The Morgan fingerprint density at radius 3 is 2.09 bits per heavy atom.